The molecule has 1 N–H and O–H groups in total. The molecule has 2 fully saturated rings. The summed E-state index contributed by atoms with van der Waals surface area (Å²) in [4.78, 5) is 28.2. The Bertz CT molecular complexity index is 706. The molecule has 0 bridgehead atoms. The third-order valence-electron chi connectivity index (χ3n) is 6.34. The van der Waals surface area contributed by atoms with Crippen molar-refractivity contribution in [3.05, 3.63) is 30.1 Å². The van der Waals surface area contributed by atoms with Gasteiger partial charge in [0.15, 0.2) is 0 Å². The quantitative estimate of drug-likeness (QED) is 0.790. The summed E-state index contributed by atoms with van der Waals surface area (Å²) in [6.45, 7) is 6.38. The van der Waals surface area contributed by atoms with Crippen LogP contribution in [0.3, 0.4) is 0 Å². The first-order chi connectivity index (χ1) is 14.0. The van der Waals surface area contributed by atoms with E-state index < -0.39 is 0 Å². The number of benzene rings is 1. The number of rotatable bonds is 6. The van der Waals surface area contributed by atoms with Gasteiger partial charge in [-0.3, -0.25) is 9.59 Å². The van der Waals surface area contributed by atoms with Crippen LogP contribution in [0.4, 0.5) is 10.1 Å². The van der Waals surface area contributed by atoms with Crippen molar-refractivity contribution < 1.29 is 18.7 Å². The van der Waals surface area contributed by atoms with Crippen molar-refractivity contribution >= 4 is 17.5 Å². The van der Waals surface area contributed by atoms with Gasteiger partial charge in [-0.25, -0.2) is 4.39 Å². The van der Waals surface area contributed by atoms with Gasteiger partial charge < -0.3 is 19.9 Å². The number of amides is 2. The van der Waals surface area contributed by atoms with E-state index in [0.717, 1.165) is 12.8 Å². The summed E-state index contributed by atoms with van der Waals surface area (Å²) >= 11 is 0. The molecule has 1 aromatic carbocycles. The maximum absolute atomic E-state index is 13.9. The van der Waals surface area contributed by atoms with E-state index >= 15 is 0 Å². The van der Waals surface area contributed by atoms with Gasteiger partial charge in [0.05, 0.1) is 5.69 Å². The predicted molar refractivity (Wildman–Crippen MR) is 110 cm³/mol. The molecule has 1 heterocycles. The highest BCUT2D eigenvalue weighted by atomic mass is 19.1. The fraction of sp³-hybridized carbons (Fsp3) is 0.636. The van der Waals surface area contributed by atoms with Gasteiger partial charge in [0.1, 0.15) is 19.0 Å². The van der Waals surface area contributed by atoms with E-state index in [9.17, 15) is 14.0 Å². The lowest BCUT2D eigenvalue weighted by Gasteiger charge is -2.36. The highest BCUT2D eigenvalue weighted by Gasteiger charge is 2.28. The Morgan fingerprint density at radius 1 is 1.10 bits per heavy atom. The van der Waals surface area contributed by atoms with Crippen LogP contribution in [-0.4, -0.2) is 62.1 Å². The molecular formula is C22H32FN3O3. The summed E-state index contributed by atoms with van der Waals surface area (Å²) in [5, 5.41) is 3.05. The number of carbonyl (C=O) groups is 2. The van der Waals surface area contributed by atoms with E-state index in [2.05, 4.69) is 19.2 Å². The van der Waals surface area contributed by atoms with Gasteiger partial charge in [-0.05, 0) is 30.4 Å². The number of piperazine rings is 1. The zero-order valence-corrected chi connectivity index (χ0v) is 17.4. The highest BCUT2D eigenvalue weighted by Crippen LogP contribution is 2.29. The number of nitrogens with zero attached hydrogens (tertiary/aromatic N) is 2. The Kier molecular flexibility index (Phi) is 7.47. The Labute approximate surface area is 172 Å². The number of ether oxygens (including phenoxy) is 1. The normalized spacial score (nSPS) is 25.0. The van der Waals surface area contributed by atoms with E-state index in [1.807, 2.05) is 11.0 Å². The van der Waals surface area contributed by atoms with Crippen LogP contribution < -0.4 is 10.2 Å². The first-order valence-corrected chi connectivity index (χ1v) is 10.6. The maximum atomic E-state index is 13.9. The third-order valence-corrected chi connectivity index (χ3v) is 6.34. The average molecular weight is 406 g/mol. The molecule has 160 valence electrons. The van der Waals surface area contributed by atoms with E-state index in [1.165, 1.54) is 12.5 Å². The number of hydrogen-bond acceptors (Lipinski definition) is 4. The third kappa shape index (κ3) is 5.69. The molecule has 1 saturated heterocycles. The molecule has 1 aliphatic heterocycles. The standard InChI is InChI=1S/C22H32FN3O3/c1-16-6-5-8-19(17(16)2)24-21(27)14-29-15-22(28)26-12-10-25(11-13-26)20-9-4-3-7-18(20)23/h3-4,7,9,16-17,19H,5-6,8,10-15H2,1-2H3,(H,24,27)/t16-,17-,19+/m1/s1. The minimum Gasteiger partial charge on any atom is -0.366 e. The first kappa shape index (κ1) is 21.6. The van der Waals surface area contributed by atoms with E-state index in [0.29, 0.717) is 43.7 Å². The summed E-state index contributed by atoms with van der Waals surface area (Å²) in [6, 6.07) is 6.87. The molecule has 0 aromatic heterocycles. The predicted octanol–water partition coefficient (Wildman–Crippen LogP) is 2.43. The van der Waals surface area contributed by atoms with Crippen molar-refractivity contribution in [3.8, 4) is 0 Å². The second-order valence-corrected chi connectivity index (χ2v) is 8.25. The number of nitrogens with one attached hydrogen (secondary N) is 1. The molecule has 3 rings (SSSR count). The van der Waals surface area contributed by atoms with Crippen LogP contribution >= 0.6 is 0 Å². The lowest BCUT2D eigenvalue weighted by molar-refractivity contribution is -0.138. The second kappa shape index (κ2) is 10.1. The van der Waals surface area contributed by atoms with Crippen molar-refractivity contribution in [1.29, 1.82) is 0 Å². The summed E-state index contributed by atoms with van der Waals surface area (Å²) in [5.41, 5.74) is 0.568. The van der Waals surface area contributed by atoms with E-state index in [4.69, 9.17) is 4.74 Å². The molecule has 0 unspecified atom stereocenters. The topological polar surface area (TPSA) is 61.9 Å². The van der Waals surface area contributed by atoms with Gasteiger partial charge >= 0.3 is 0 Å². The average Bonchev–Trinajstić information content (AvgIpc) is 2.72. The van der Waals surface area contributed by atoms with Crippen LogP contribution in [-0.2, 0) is 14.3 Å². The van der Waals surface area contributed by atoms with E-state index in [-0.39, 0.29) is 36.9 Å². The summed E-state index contributed by atoms with van der Waals surface area (Å²) in [7, 11) is 0. The smallest absolute Gasteiger partial charge is 0.248 e. The first-order valence-electron chi connectivity index (χ1n) is 10.6. The summed E-state index contributed by atoms with van der Waals surface area (Å²) in [5.74, 6) is 0.529. The minimum atomic E-state index is -0.247. The Morgan fingerprint density at radius 2 is 1.83 bits per heavy atom. The number of carbonyl (C=O) groups excluding carboxylic acids is 2. The molecule has 2 amide bonds. The maximum Gasteiger partial charge on any atom is 0.248 e. The monoisotopic (exact) mass is 405 g/mol. The van der Waals surface area contributed by atoms with E-state index in [1.54, 1.807) is 17.0 Å². The lowest BCUT2D eigenvalue weighted by atomic mass is 9.78. The number of para-hydroxylation sites is 1. The molecule has 7 heteroatoms. The van der Waals surface area contributed by atoms with Gasteiger partial charge in [-0.15, -0.1) is 0 Å². The number of hydrogen-bond donors (Lipinski definition) is 1. The fourth-order valence-corrected chi connectivity index (χ4v) is 4.26. The lowest BCUT2D eigenvalue weighted by Crippen LogP contribution is -2.50. The van der Waals surface area contributed by atoms with Crippen molar-refractivity contribution in [2.24, 2.45) is 11.8 Å². The molecular weight excluding hydrogens is 373 g/mol. The Morgan fingerprint density at radius 3 is 2.55 bits per heavy atom. The van der Waals surface area contributed by atoms with Crippen LogP contribution in [0.25, 0.3) is 0 Å². The molecule has 29 heavy (non-hydrogen) atoms. The van der Waals surface area contributed by atoms with Crippen molar-refractivity contribution in [1.82, 2.24) is 10.2 Å². The molecule has 1 aromatic rings. The van der Waals surface area contributed by atoms with Crippen LogP contribution in [0.5, 0.6) is 0 Å². The van der Waals surface area contributed by atoms with Gasteiger partial charge in [0.2, 0.25) is 11.8 Å². The van der Waals surface area contributed by atoms with Gasteiger partial charge in [0.25, 0.3) is 0 Å². The molecule has 3 atom stereocenters. The molecule has 1 aliphatic carbocycles. The summed E-state index contributed by atoms with van der Waals surface area (Å²) in [6.07, 6.45) is 3.35. The molecule has 0 radical (unpaired) electrons. The number of halogens is 1. The highest BCUT2D eigenvalue weighted by molar-refractivity contribution is 5.80. The van der Waals surface area contributed by atoms with Crippen LogP contribution in [0.15, 0.2) is 24.3 Å². The van der Waals surface area contributed by atoms with Gasteiger partial charge in [0, 0.05) is 32.2 Å². The second-order valence-electron chi connectivity index (χ2n) is 8.25. The molecule has 2 aliphatic rings. The van der Waals surface area contributed by atoms with Crippen molar-refractivity contribution in [2.75, 3.05) is 44.3 Å². The zero-order chi connectivity index (χ0) is 20.8. The Hall–Kier alpha value is -2.15. The Balaban J connectivity index is 1.36. The van der Waals surface area contributed by atoms with Crippen LogP contribution in [0.2, 0.25) is 0 Å². The molecule has 6 nitrogen and oxygen atoms in total. The van der Waals surface area contributed by atoms with Crippen molar-refractivity contribution in [2.45, 2.75) is 39.2 Å². The molecule has 1 saturated carbocycles. The van der Waals surface area contributed by atoms with Crippen LogP contribution in [0.1, 0.15) is 33.1 Å². The largest absolute Gasteiger partial charge is 0.366 e. The minimum absolute atomic E-state index is 0.0987. The molecule has 0 spiro atoms. The summed E-state index contributed by atoms with van der Waals surface area (Å²) < 4.78 is 19.3. The fourth-order valence-electron chi connectivity index (χ4n) is 4.26. The number of anilines is 1. The van der Waals surface area contributed by atoms with Gasteiger partial charge in [-0.1, -0.05) is 38.8 Å². The van der Waals surface area contributed by atoms with Crippen molar-refractivity contribution in [3.63, 3.8) is 0 Å². The van der Waals surface area contributed by atoms with Crippen LogP contribution in [0, 0.1) is 17.7 Å². The SMILES string of the molecule is C[C@@H]1[C@H](C)CCC[C@@H]1NC(=O)COCC(=O)N1CCN(c2ccccc2F)CC1. The van der Waals surface area contributed by atoms with Gasteiger partial charge in [-0.2, -0.15) is 0 Å². The zero-order valence-electron chi connectivity index (χ0n) is 17.4.